The van der Waals surface area contributed by atoms with Crippen molar-refractivity contribution in [1.29, 1.82) is 0 Å². The van der Waals surface area contributed by atoms with Gasteiger partial charge >= 0.3 is 5.97 Å². The molecule has 0 aliphatic carbocycles. The lowest BCUT2D eigenvalue weighted by atomic mass is 10.1. The zero-order valence-electron chi connectivity index (χ0n) is 19.9. The zero-order chi connectivity index (χ0) is 24.7. The summed E-state index contributed by atoms with van der Waals surface area (Å²) in [6.45, 7) is 6.64. The van der Waals surface area contributed by atoms with Gasteiger partial charge in [-0.15, -0.1) is 0 Å². The van der Waals surface area contributed by atoms with Gasteiger partial charge in [0.25, 0.3) is 5.91 Å². The van der Waals surface area contributed by atoms with Gasteiger partial charge in [-0.3, -0.25) is 9.59 Å². The van der Waals surface area contributed by atoms with Crippen molar-refractivity contribution in [1.82, 2.24) is 4.57 Å². The lowest BCUT2D eigenvalue weighted by Crippen LogP contribution is -2.22. The lowest BCUT2D eigenvalue weighted by molar-refractivity contribution is -0.141. The molecule has 0 aliphatic heterocycles. The molecule has 182 valence electrons. The molecule has 0 saturated carbocycles. The van der Waals surface area contributed by atoms with Crippen molar-refractivity contribution >= 4 is 33.4 Å². The molecular formula is C24H28N2O7S. The second-order valence-corrected chi connectivity index (χ2v) is 7.91. The van der Waals surface area contributed by atoms with Crippen LogP contribution in [-0.4, -0.2) is 50.5 Å². The van der Waals surface area contributed by atoms with Crippen LogP contribution < -0.4 is 23.7 Å². The highest BCUT2D eigenvalue weighted by molar-refractivity contribution is 7.16. The molecule has 3 rings (SSSR count). The number of rotatable bonds is 10. The fourth-order valence-corrected chi connectivity index (χ4v) is 4.33. The first-order valence-corrected chi connectivity index (χ1v) is 11.7. The van der Waals surface area contributed by atoms with Crippen LogP contribution in [0.4, 0.5) is 0 Å². The summed E-state index contributed by atoms with van der Waals surface area (Å²) in [6.07, 6.45) is 0. The predicted molar refractivity (Wildman–Crippen MR) is 128 cm³/mol. The Bertz CT molecular complexity index is 1220. The highest BCUT2D eigenvalue weighted by atomic mass is 32.1. The number of thiazole rings is 1. The van der Waals surface area contributed by atoms with Gasteiger partial charge in [0.2, 0.25) is 5.75 Å². The summed E-state index contributed by atoms with van der Waals surface area (Å²) < 4.78 is 29.7. The van der Waals surface area contributed by atoms with E-state index in [1.54, 1.807) is 29.9 Å². The minimum absolute atomic E-state index is 0.0907. The standard InChI is InChI=1S/C24H28N2O7S/c1-6-31-18-11-15(12-19(32-7-2)22(18)33-8-3)23(28)25-24-26(14-21(27)30-5)17-10-9-16(29-4)13-20(17)34-24/h9-13H,6-8,14H2,1-5H3. The lowest BCUT2D eigenvalue weighted by Gasteiger charge is -2.16. The van der Waals surface area contributed by atoms with Crippen LogP contribution in [-0.2, 0) is 16.1 Å². The quantitative estimate of drug-likeness (QED) is 0.400. The maximum atomic E-state index is 13.2. The van der Waals surface area contributed by atoms with E-state index in [4.69, 9.17) is 23.7 Å². The topological polar surface area (TPSA) is 97.6 Å². The highest BCUT2D eigenvalue weighted by Crippen LogP contribution is 2.39. The van der Waals surface area contributed by atoms with Crippen LogP contribution in [0.3, 0.4) is 0 Å². The monoisotopic (exact) mass is 488 g/mol. The Labute approximate surface area is 201 Å². The minimum Gasteiger partial charge on any atom is -0.497 e. The Hall–Kier alpha value is -3.53. The molecule has 0 unspecified atom stereocenters. The van der Waals surface area contributed by atoms with E-state index < -0.39 is 11.9 Å². The summed E-state index contributed by atoms with van der Waals surface area (Å²) in [7, 11) is 2.89. The number of methoxy groups -OCH3 is 2. The molecule has 0 saturated heterocycles. The summed E-state index contributed by atoms with van der Waals surface area (Å²) in [4.78, 5) is 30.0. The molecule has 9 nitrogen and oxygen atoms in total. The number of esters is 1. The number of aromatic nitrogens is 1. The van der Waals surface area contributed by atoms with Gasteiger partial charge in [-0.1, -0.05) is 11.3 Å². The molecule has 0 radical (unpaired) electrons. The fourth-order valence-electron chi connectivity index (χ4n) is 3.28. The number of carbonyl (C=O) groups is 2. The molecule has 0 fully saturated rings. The molecule has 0 spiro atoms. The molecule has 1 aromatic heterocycles. The highest BCUT2D eigenvalue weighted by Gasteiger charge is 2.19. The number of hydrogen-bond donors (Lipinski definition) is 0. The van der Waals surface area contributed by atoms with Gasteiger partial charge in [0, 0.05) is 5.56 Å². The normalized spacial score (nSPS) is 11.4. The van der Waals surface area contributed by atoms with Gasteiger partial charge in [0.1, 0.15) is 12.3 Å². The Morgan fingerprint density at radius 1 is 0.941 bits per heavy atom. The van der Waals surface area contributed by atoms with E-state index in [0.29, 0.717) is 47.6 Å². The van der Waals surface area contributed by atoms with Crippen molar-refractivity contribution in [3.8, 4) is 23.0 Å². The molecule has 0 aliphatic rings. The minimum atomic E-state index is -0.512. The van der Waals surface area contributed by atoms with Gasteiger partial charge in [0.15, 0.2) is 16.3 Å². The Kier molecular flexibility index (Phi) is 8.53. The second-order valence-electron chi connectivity index (χ2n) is 6.90. The largest absolute Gasteiger partial charge is 0.497 e. The Morgan fingerprint density at radius 3 is 2.15 bits per heavy atom. The average molecular weight is 489 g/mol. The molecule has 0 N–H and O–H groups in total. The number of benzene rings is 2. The van der Waals surface area contributed by atoms with Crippen LogP contribution in [0.2, 0.25) is 0 Å². The molecule has 3 aromatic rings. The maximum Gasteiger partial charge on any atom is 0.325 e. The molecule has 0 bridgehead atoms. The molecule has 1 heterocycles. The third kappa shape index (κ3) is 5.51. The summed E-state index contributed by atoms with van der Waals surface area (Å²) >= 11 is 1.27. The zero-order valence-corrected chi connectivity index (χ0v) is 20.7. The first-order chi connectivity index (χ1) is 16.4. The average Bonchev–Trinajstić information content (AvgIpc) is 3.16. The first kappa shape index (κ1) is 25.1. The number of nitrogens with zero attached hydrogens (tertiary/aromatic N) is 2. The van der Waals surface area contributed by atoms with Crippen molar-refractivity contribution in [2.45, 2.75) is 27.3 Å². The summed E-state index contributed by atoms with van der Waals surface area (Å²) in [6, 6.07) is 8.60. The van der Waals surface area contributed by atoms with E-state index in [-0.39, 0.29) is 12.1 Å². The van der Waals surface area contributed by atoms with Crippen molar-refractivity contribution in [3.63, 3.8) is 0 Å². The summed E-state index contributed by atoms with van der Waals surface area (Å²) in [5.74, 6) is 0.933. The Morgan fingerprint density at radius 2 is 1.59 bits per heavy atom. The van der Waals surface area contributed by atoms with Gasteiger partial charge in [-0.05, 0) is 51.1 Å². The van der Waals surface area contributed by atoms with E-state index in [9.17, 15) is 9.59 Å². The number of carbonyl (C=O) groups excluding carboxylic acids is 2. The maximum absolute atomic E-state index is 13.2. The van der Waals surface area contributed by atoms with Crippen molar-refractivity contribution in [3.05, 3.63) is 40.7 Å². The van der Waals surface area contributed by atoms with Crippen LogP contribution in [0.1, 0.15) is 31.1 Å². The summed E-state index contributed by atoms with van der Waals surface area (Å²) in [5.41, 5.74) is 1.01. The van der Waals surface area contributed by atoms with Crippen LogP contribution >= 0.6 is 11.3 Å². The molecule has 2 aromatic carbocycles. The molecular weight excluding hydrogens is 460 g/mol. The van der Waals surface area contributed by atoms with E-state index in [0.717, 1.165) is 10.2 Å². The third-order valence-corrected chi connectivity index (χ3v) is 5.80. The molecule has 34 heavy (non-hydrogen) atoms. The smallest absolute Gasteiger partial charge is 0.325 e. The van der Waals surface area contributed by atoms with Crippen molar-refractivity contribution in [2.24, 2.45) is 4.99 Å². The van der Waals surface area contributed by atoms with E-state index in [1.165, 1.54) is 18.4 Å². The third-order valence-electron chi connectivity index (χ3n) is 4.76. The van der Waals surface area contributed by atoms with Crippen LogP contribution in [0.5, 0.6) is 23.0 Å². The molecule has 1 amide bonds. The van der Waals surface area contributed by atoms with Crippen LogP contribution in [0, 0.1) is 0 Å². The first-order valence-electron chi connectivity index (χ1n) is 10.8. The van der Waals surface area contributed by atoms with E-state index >= 15 is 0 Å². The van der Waals surface area contributed by atoms with Crippen molar-refractivity contribution in [2.75, 3.05) is 34.0 Å². The van der Waals surface area contributed by atoms with Gasteiger partial charge in [0.05, 0.1) is 44.3 Å². The van der Waals surface area contributed by atoms with E-state index in [2.05, 4.69) is 4.99 Å². The number of fused-ring (bicyclic) bond motifs is 1. The van der Waals surface area contributed by atoms with Gasteiger partial charge < -0.3 is 28.3 Å². The SMILES string of the molecule is CCOc1cc(C(=O)N=c2sc3cc(OC)ccc3n2CC(=O)OC)cc(OCC)c1OCC. The van der Waals surface area contributed by atoms with Crippen molar-refractivity contribution < 1.29 is 33.3 Å². The number of ether oxygens (including phenoxy) is 5. The molecule has 0 atom stereocenters. The van der Waals surface area contributed by atoms with Gasteiger partial charge in [-0.25, -0.2) is 0 Å². The van der Waals surface area contributed by atoms with Gasteiger partial charge in [-0.2, -0.15) is 4.99 Å². The Balaban J connectivity index is 2.15. The number of amides is 1. The van der Waals surface area contributed by atoms with Crippen LogP contribution in [0.15, 0.2) is 35.3 Å². The fraction of sp³-hybridized carbons (Fsp3) is 0.375. The van der Waals surface area contributed by atoms with E-state index in [1.807, 2.05) is 32.9 Å². The number of hydrogen-bond acceptors (Lipinski definition) is 8. The van der Waals surface area contributed by atoms with Crippen LogP contribution in [0.25, 0.3) is 10.2 Å². The predicted octanol–water partition coefficient (Wildman–Crippen LogP) is 3.82. The summed E-state index contributed by atoms with van der Waals surface area (Å²) in [5, 5.41) is 0. The second kappa shape index (κ2) is 11.6. The molecule has 10 heteroatoms.